The van der Waals surface area contributed by atoms with Crippen LogP contribution in [0.3, 0.4) is 0 Å². The minimum atomic E-state index is -3.20. The number of thiol groups is 1. The van der Waals surface area contributed by atoms with Gasteiger partial charge in [0.05, 0.1) is 18.8 Å². The highest BCUT2D eigenvalue weighted by molar-refractivity contribution is 8.45. The first-order chi connectivity index (χ1) is 10.3. The normalized spacial score (nSPS) is 41.6. The molecule has 0 radical (unpaired) electrons. The first-order valence-corrected chi connectivity index (χ1v) is 10.7. The molecule has 1 unspecified atom stereocenters. The Bertz CT molecular complexity index is 421. The summed E-state index contributed by atoms with van der Waals surface area (Å²) >= 11 is 4.20. The van der Waals surface area contributed by atoms with Crippen molar-refractivity contribution in [2.24, 2.45) is 0 Å². The van der Waals surface area contributed by atoms with E-state index in [1.54, 1.807) is 7.11 Å². The summed E-state index contributed by atoms with van der Waals surface area (Å²) in [6.07, 6.45) is 2.31. The molecule has 2 heterocycles. The number of rotatable bonds is 7. The maximum atomic E-state index is 12.6. The van der Waals surface area contributed by atoms with Gasteiger partial charge in [0.25, 0.3) is 0 Å². The van der Waals surface area contributed by atoms with Crippen LogP contribution in [0.4, 0.5) is 0 Å². The highest BCUT2D eigenvalue weighted by Crippen LogP contribution is 2.49. The molecule has 0 bridgehead atoms. The van der Waals surface area contributed by atoms with E-state index in [-0.39, 0.29) is 43.0 Å². The summed E-state index contributed by atoms with van der Waals surface area (Å²) in [4.78, 5) is 0. The summed E-state index contributed by atoms with van der Waals surface area (Å²) in [5, 5.41) is 3.03. The second-order valence-corrected chi connectivity index (χ2v) is 9.31. The molecule has 10 heteroatoms. The molecule has 2 saturated heterocycles. The zero-order valence-corrected chi connectivity index (χ0v) is 15.5. The molecular weight excluding hydrogens is 323 g/mol. The number of ether oxygens (including phenoxy) is 3. The molecule has 0 aliphatic carbocycles. The van der Waals surface area contributed by atoms with Crippen LogP contribution < -0.4 is 5.09 Å². The smallest absolute Gasteiger partial charge is 0.323 e. The van der Waals surface area contributed by atoms with Gasteiger partial charge in [0.2, 0.25) is 0 Å². The van der Waals surface area contributed by atoms with Gasteiger partial charge in [-0.15, -0.1) is 0 Å². The van der Waals surface area contributed by atoms with Crippen molar-refractivity contribution in [3.8, 4) is 0 Å². The first kappa shape index (κ1) is 18.8. The Morgan fingerprint density at radius 1 is 1.27 bits per heavy atom. The number of methoxy groups -OCH3 is 1. The van der Waals surface area contributed by atoms with Crippen LogP contribution >= 0.6 is 19.0 Å². The van der Waals surface area contributed by atoms with E-state index in [1.165, 1.54) is 0 Å². The van der Waals surface area contributed by atoms with Crippen LogP contribution in [0.25, 0.3) is 0 Å². The minimum Gasteiger partial charge on any atom is -0.382 e. The molecular formula is C12H26B2NO5PS. The van der Waals surface area contributed by atoms with Crippen molar-refractivity contribution >= 4 is 34.7 Å². The molecule has 2 aliphatic heterocycles. The van der Waals surface area contributed by atoms with Crippen LogP contribution in [-0.2, 0) is 23.3 Å². The van der Waals surface area contributed by atoms with Crippen molar-refractivity contribution in [1.29, 1.82) is 0 Å². The Balaban J connectivity index is 1.84. The van der Waals surface area contributed by atoms with E-state index in [0.717, 1.165) is 19.3 Å². The van der Waals surface area contributed by atoms with Gasteiger partial charge in [-0.1, -0.05) is 19.2 Å². The second-order valence-electron chi connectivity index (χ2n) is 6.18. The van der Waals surface area contributed by atoms with E-state index >= 15 is 0 Å². The predicted octanol–water partition coefficient (Wildman–Crippen LogP) is -0.0797. The first-order valence-electron chi connectivity index (χ1n) is 7.93. The quantitative estimate of drug-likeness (QED) is 0.381. The molecule has 22 heavy (non-hydrogen) atoms. The molecule has 0 aromatic carbocycles. The Kier molecular flexibility index (Phi) is 6.90. The lowest BCUT2D eigenvalue weighted by atomic mass is 9.95. The maximum absolute atomic E-state index is 12.6. The van der Waals surface area contributed by atoms with Gasteiger partial charge in [0.1, 0.15) is 21.8 Å². The average Bonchev–Trinajstić information content (AvgIpc) is 2.98. The molecule has 2 fully saturated rings. The van der Waals surface area contributed by atoms with Gasteiger partial charge in [-0.05, 0) is 19.3 Å². The van der Waals surface area contributed by atoms with Gasteiger partial charge in [-0.25, -0.2) is 5.09 Å². The standard InChI is InChI=1S/C12H26B2NO5PS/c1-3-8-7(4-11(13)19-8)15-21(16,22)18-6-10-9(17-2)5-12(14)20-10/h7-12H,3-6,13-14H2,1-2H3,(H2,15,16,22)/t7-,8-,9-,10-,11-,12-,21?/m1/s1. The van der Waals surface area contributed by atoms with Crippen LogP contribution in [0.5, 0.6) is 0 Å². The van der Waals surface area contributed by atoms with Gasteiger partial charge < -0.3 is 18.7 Å². The molecule has 0 spiro atoms. The van der Waals surface area contributed by atoms with Crippen molar-refractivity contribution in [1.82, 2.24) is 5.09 Å². The number of hydrogen-bond acceptors (Lipinski definition) is 5. The summed E-state index contributed by atoms with van der Waals surface area (Å²) in [6, 6.07) is 0.289. The molecule has 126 valence electrons. The zero-order chi connectivity index (χ0) is 16.3. The van der Waals surface area contributed by atoms with Crippen molar-refractivity contribution in [3.05, 3.63) is 0 Å². The van der Waals surface area contributed by atoms with Crippen LogP contribution in [0.1, 0.15) is 26.2 Å². The molecule has 0 aromatic heterocycles. The van der Waals surface area contributed by atoms with Crippen molar-refractivity contribution in [2.75, 3.05) is 13.7 Å². The molecule has 0 amide bonds. The van der Waals surface area contributed by atoms with Crippen LogP contribution in [0, 0.1) is 0 Å². The summed E-state index contributed by atoms with van der Waals surface area (Å²) in [6.45, 7) is -0.940. The summed E-state index contributed by atoms with van der Waals surface area (Å²) in [5.41, 5.74) is 0. The summed E-state index contributed by atoms with van der Waals surface area (Å²) < 4.78 is 35.0. The van der Waals surface area contributed by atoms with E-state index in [4.69, 9.17) is 18.7 Å². The summed E-state index contributed by atoms with van der Waals surface area (Å²) in [5.74, 6) is 0. The molecule has 1 N–H and O–H groups in total. The lowest BCUT2D eigenvalue weighted by molar-refractivity contribution is -0.0141. The van der Waals surface area contributed by atoms with Gasteiger partial charge in [0.15, 0.2) is 0 Å². The van der Waals surface area contributed by atoms with E-state index in [9.17, 15) is 4.57 Å². The van der Waals surface area contributed by atoms with Crippen LogP contribution in [0.2, 0.25) is 0 Å². The largest absolute Gasteiger partial charge is 0.382 e. The third kappa shape index (κ3) is 5.00. The van der Waals surface area contributed by atoms with Crippen molar-refractivity contribution in [3.63, 3.8) is 0 Å². The Hall–Kier alpha value is 0.510. The van der Waals surface area contributed by atoms with E-state index in [2.05, 4.69) is 24.3 Å². The summed E-state index contributed by atoms with van der Waals surface area (Å²) in [7, 11) is 5.67. The Morgan fingerprint density at radius 3 is 2.55 bits per heavy atom. The lowest BCUT2D eigenvalue weighted by Crippen LogP contribution is -2.34. The third-order valence-electron chi connectivity index (χ3n) is 4.28. The number of nitrogens with one attached hydrogen (secondary N) is 1. The van der Waals surface area contributed by atoms with Crippen LogP contribution in [-0.4, -0.2) is 65.8 Å². The van der Waals surface area contributed by atoms with E-state index in [1.807, 2.05) is 15.7 Å². The van der Waals surface area contributed by atoms with Gasteiger partial charge in [0, 0.05) is 25.2 Å². The third-order valence-corrected chi connectivity index (χ3v) is 6.13. The highest BCUT2D eigenvalue weighted by Gasteiger charge is 2.38. The topological polar surface area (TPSA) is 66.0 Å². The molecule has 6 nitrogen and oxygen atoms in total. The molecule has 2 aliphatic rings. The van der Waals surface area contributed by atoms with E-state index in [0.29, 0.717) is 0 Å². The SMILES string of the molecule is B[C@H]1C[C@@H](NP(=O)(S)OC[C@H]2O[C@@H](B)C[C@H]2OC)[C@@H](CC)O1. The van der Waals surface area contributed by atoms with Crippen molar-refractivity contribution in [2.45, 2.75) is 62.5 Å². The number of hydrogen-bond donors (Lipinski definition) is 2. The Labute approximate surface area is 139 Å². The molecule has 7 atom stereocenters. The molecule has 2 rings (SSSR count). The molecule has 0 aromatic rings. The minimum absolute atomic E-state index is 0.00461. The fourth-order valence-electron chi connectivity index (χ4n) is 3.21. The van der Waals surface area contributed by atoms with Crippen LogP contribution in [0.15, 0.2) is 0 Å². The monoisotopic (exact) mass is 349 g/mol. The van der Waals surface area contributed by atoms with Gasteiger partial charge in [-0.3, -0.25) is 4.57 Å². The fraction of sp³-hybridized carbons (Fsp3) is 1.00. The fourth-order valence-corrected chi connectivity index (χ4v) is 4.97. The van der Waals surface area contributed by atoms with Gasteiger partial charge in [-0.2, -0.15) is 0 Å². The second kappa shape index (κ2) is 8.06. The average molecular weight is 349 g/mol. The van der Waals surface area contributed by atoms with Gasteiger partial charge >= 0.3 is 6.72 Å². The Morgan fingerprint density at radius 2 is 1.91 bits per heavy atom. The highest BCUT2D eigenvalue weighted by atomic mass is 32.7. The van der Waals surface area contributed by atoms with Crippen molar-refractivity contribution < 1.29 is 23.3 Å². The lowest BCUT2D eigenvalue weighted by Gasteiger charge is -2.24. The zero-order valence-electron chi connectivity index (χ0n) is 13.7. The predicted molar refractivity (Wildman–Crippen MR) is 94.2 cm³/mol. The van der Waals surface area contributed by atoms with E-state index < -0.39 is 6.72 Å². The molecule has 0 saturated carbocycles. The maximum Gasteiger partial charge on any atom is 0.323 e.